The molecule has 0 radical (unpaired) electrons. The number of hydrogen-bond donors (Lipinski definition) is 0. The highest BCUT2D eigenvalue weighted by molar-refractivity contribution is 5.68. The minimum absolute atomic E-state index is 0.0237. The summed E-state index contributed by atoms with van der Waals surface area (Å²) in [7, 11) is 1.41. The molecule has 4 aliphatic rings. The molecule has 29 heavy (non-hydrogen) atoms. The van der Waals surface area contributed by atoms with E-state index in [2.05, 4.69) is 13.8 Å². The van der Waals surface area contributed by atoms with E-state index in [0.29, 0.717) is 25.2 Å². The number of halogens is 3. The fraction of sp³-hybridized carbons (Fsp3) is 0.958. The molecule has 4 rings (SSSR count). The third-order valence-electron chi connectivity index (χ3n) is 9.95. The number of ether oxygens (including phenoxy) is 1. The summed E-state index contributed by atoms with van der Waals surface area (Å²) >= 11 is 0. The maximum absolute atomic E-state index is 15.6. The zero-order valence-corrected chi connectivity index (χ0v) is 18.2. The maximum Gasteiger partial charge on any atom is 0.305 e. The van der Waals surface area contributed by atoms with Gasteiger partial charge >= 0.3 is 5.97 Å². The number of esters is 1. The van der Waals surface area contributed by atoms with Gasteiger partial charge in [0.05, 0.1) is 7.11 Å². The summed E-state index contributed by atoms with van der Waals surface area (Å²) in [4.78, 5) is 11.5. The van der Waals surface area contributed by atoms with E-state index in [1.54, 1.807) is 0 Å². The van der Waals surface area contributed by atoms with Crippen LogP contribution in [0, 0.1) is 40.4 Å². The predicted octanol–water partition coefficient (Wildman–Crippen LogP) is 6.57. The van der Waals surface area contributed by atoms with E-state index in [9.17, 15) is 9.18 Å². The van der Waals surface area contributed by atoms with Gasteiger partial charge < -0.3 is 4.74 Å². The van der Waals surface area contributed by atoms with Crippen LogP contribution >= 0.6 is 0 Å². The van der Waals surface area contributed by atoms with Crippen LogP contribution in [0.25, 0.3) is 0 Å². The van der Waals surface area contributed by atoms with Gasteiger partial charge in [0.15, 0.2) is 0 Å². The summed E-state index contributed by atoms with van der Waals surface area (Å²) in [6.45, 7) is 4.44. The highest BCUT2D eigenvalue weighted by Crippen LogP contribution is 2.70. The van der Waals surface area contributed by atoms with Crippen LogP contribution in [0.15, 0.2) is 0 Å². The van der Waals surface area contributed by atoms with Crippen molar-refractivity contribution >= 4 is 5.97 Å². The van der Waals surface area contributed by atoms with Crippen molar-refractivity contribution in [2.75, 3.05) is 7.11 Å². The molecule has 4 aliphatic carbocycles. The SMILES string of the molecule is COC(=O)CCCC1CCC2C3C(CCC12C)C1(C)CCC(F)CC1CC3(F)F. The van der Waals surface area contributed by atoms with Gasteiger partial charge in [0, 0.05) is 18.8 Å². The Kier molecular flexibility index (Phi) is 5.51. The highest BCUT2D eigenvalue weighted by atomic mass is 19.3. The first-order valence-corrected chi connectivity index (χ1v) is 11.7. The fourth-order valence-electron chi connectivity index (χ4n) is 8.28. The van der Waals surface area contributed by atoms with E-state index in [-0.39, 0.29) is 41.0 Å². The van der Waals surface area contributed by atoms with Gasteiger partial charge in [-0.25, -0.2) is 13.2 Å². The Hall–Kier alpha value is -0.740. The van der Waals surface area contributed by atoms with Crippen molar-refractivity contribution in [2.24, 2.45) is 40.4 Å². The second-order valence-electron chi connectivity index (χ2n) is 11.1. The van der Waals surface area contributed by atoms with Crippen LogP contribution < -0.4 is 0 Å². The molecule has 8 atom stereocenters. The van der Waals surface area contributed by atoms with Crippen LogP contribution in [0.3, 0.4) is 0 Å². The molecule has 0 aromatic heterocycles. The van der Waals surface area contributed by atoms with Crippen LogP contribution in [-0.2, 0) is 9.53 Å². The minimum Gasteiger partial charge on any atom is -0.469 e. The third kappa shape index (κ3) is 3.43. The zero-order valence-electron chi connectivity index (χ0n) is 18.2. The monoisotopic (exact) mass is 414 g/mol. The molecule has 2 nitrogen and oxygen atoms in total. The molecular formula is C24H37F3O2. The number of carbonyl (C=O) groups excluding carboxylic acids is 1. The molecule has 0 saturated heterocycles. The molecule has 4 saturated carbocycles. The Balaban J connectivity index is 1.54. The van der Waals surface area contributed by atoms with Crippen molar-refractivity contribution in [2.45, 2.75) is 96.6 Å². The lowest BCUT2D eigenvalue weighted by molar-refractivity contribution is -0.235. The summed E-state index contributed by atoms with van der Waals surface area (Å²) in [6.07, 6.45) is 6.46. The van der Waals surface area contributed by atoms with E-state index >= 15 is 8.78 Å². The molecule has 166 valence electrons. The Morgan fingerprint density at radius 2 is 1.72 bits per heavy atom. The first kappa shape index (κ1) is 21.5. The van der Waals surface area contributed by atoms with Gasteiger partial charge in [0.1, 0.15) is 6.17 Å². The molecular weight excluding hydrogens is 377 g/mol. The second kappa shape index (κ2) is 7.44. The van der Waals surface area contributed by atoms with E-state index in [4.69, 9.17) is 4.74 Å². The Morgan fingerprint density at radius 1 is 1.03 bits per heavy atom. The lowest BCUT2D eigenvalue weighted by atomic mass is 9.43. The second-order valence-corrected chi connectivity index (χ2v) is 11.1. The number of fused-ring (bicyclic) bond motifs is 5. The van der Waals surface area contributed by atoms with Gasteiger partial charge in [0.2, 0.25) is 0 Å². The van der Waals surface area contributed by atoms with Crippen molar-refractivity contribution in [3.05, 3.63) is 0 Å². The Bertz CT molecular complexity index is 638. The van der Waals surface area contributed by atoms with E-state index in [1.807, 2.05) is 0 Å². The lowest BCUT2D eigenvalue weighted by Crippen LogP contribution is -2.60. The number of hydrogen-bond acceptors (Lipinski definition) is 2. The summed E-state index contributed by atoms with van der Waals surface area (Å²) < 4.78 is 49.9. The first-order chi connectivity index (χ1) is 13.6. The molecule has 0 N–H and O–H groups in total. The Labute approximate surface area is 173 Å². The molecule has 5 heteroatoms. The van der Waals surface area contributed by atoms with Crippen molar-refractivity contribution in [1.29, 1.82) is 0 Å². The van der Waals surface area contributed by atoms with Gasteiger partial charge in [0.25, 0.3) is 5.92 Å². The van der Waals surface area contributed by atoms with Gasteiger partial charge in [-0.1, -0.05) is 13.8 Å². The molecule has 0 aliphatic heterocycles. The highest BCUT2D eigenvalue weighted by Gasteiger charge is 2.67. The maximum atomic E-state index is 15.6. The molecule has 0 amide bonds. The molecule has 8 unspecified atom stereocenters. The van der Waals surface area contributed by atoms with Crippen LogP contribution in [0.1, 0.15) is 84.5 Å². The van der Waals surface area contributed by atoms with Crippen molar-refractivity contribution in [3.63, 3.8) is 0 Å². The summed E-state index contributed by atoms with van der Waals surface area (Å²) in [5, 5.41) is 0. The first-order valence-electron chi connectivity index (χ1n) is 11.7. The molecule has 0 aromatic rings. The topological polar surface area (TPSA) is 26.3 Å². The van der Waals surface area contributed by atoms with Crippen molar-refractivity contribution in [3.8, 4) is 0 Å². The van der Waals surface area contributed by atoms with Gasteiger partial charge in [-0.2, -0.15) is 0 Å². The summed E-state index contributed by atoms with van der Waals surface area (Å²) in [6, 6.07) is 0. The van der Waals surface area contributed by atoms with Crippen LogP contribution in [-0.4, -0.2) is 25.2 Å². The largest absolute Gasteiger partial charge is 0.469 e. The molecule has 0 spiro atoms. The van der Waals surface area contributed by atoms with Crippen LogP contribution in [0.2, 0.25) is 0 Å². The predicted molar refractivity (Wildman–Crippen MR) is 106 cm³/mol. The average Bonchev–Trinajstić information content (AvgIpc) is 2.99. The van der Waals surface area contributed by atoms with Gasteiger partial charge in [-0.05, 0) is 92.3 Å². The zero-order chi connectivity index (χ0) is 21.0. The number of alkyl halides is 3. The standard InChI is InChI=1S/C24H37F3O2/c1-22-12-10-19-21(18(22)8-7-15(22)5-4-6-20(28)29-3)24(26,27)14-16-13-17(25)9-11-23(16,19)2/h15-19,21H,4-14H2,1-3H3. The van der Waals surface area contributed by atoms with Gasteiger partial charge in [-0.15, -0.1) is 0 Å². The summed E-state index contributed by atoms with van der Waals surface area (Å²) in [5.74, 6) is -3.10. The molecule has 0 aromatic carbocycles. The molecule has 0 heterocycles. The number of methoxy groups -OCH3 is 1. The van der Waals surface area contributed by atoms with E-state index in [1.165, 1.54) is 7.11 Å². The lowest BCUT2D eigenvalue weighted by Gasteiger charge is -2.62. The van der Waals surface area contributed by atoms with Crippen molar-refractivity contribution < 1.29 is 22.7 Å². The van der Waals surface area contributed by atoms with Crippen molar-refractivity contribution in [1.82, 2.24) is 0 Å². The molecule has 0 bridgehead atoms. The van der Waals surface area contributed by atoms with Gasteiger partial charge in [-0.3, -0.25) is 4.79 Å². The van der Waals surface area contributed by atoms with E-state index < -0.39 is 18.0 Å². The molecule has 4 fully saturated rings. The third-order valence-corrected chi connectivity index (χ3v) is 9.95. The normalized spacial score (nSPS) is 48.3. The average molecular weight is 415 g/mol. The van der Waals surface area contributed by atoms with Crippen LogP contribution in [0.5, 0.6) is 0 Å². The summed E-state index contributed by atoms with van der Waals surface area (Å²) in [5.41, 5.74) is -0.180. The minimum atomic E-state index is -2.68. The quantitative estimate of drug-likeness (QED) is 0.486. The van der Waals surface area contributed by atoms with Crippen LogP contribution in [0.4, 0.5) is 13.2 Å². The smallest absolute Gasteiger partial charge is 0.305 e. The number of carbonyl (C=O) groups is 1. The fourth-order valence-corrected chi connectivity index (χ4v) is 8.28. The Morgan fingerprint density at radius 3 is 2.45 bits per heavy atom. The number of rotatable bonds is 4. The van der Waals surface area contributed by atoms with E-state index in [0.717, 1.165) is 44.9 Å².